The smallest absolute Gasteiger partial charge is 0.269 e. The van der Waals surface area contributed by atoms with Crippen molar-refractivity contribution < 1.29 is 9.72 Å². The molecule has 1 N–H and O–H groups in total. The number of allylic oxidation sites excluding steroid dienone is 1. The van der Waals surface area contributed by atoms with Crippen LogP contribution in [0.4, 0.5) is 11.4 Å². The Labute approximate surface area is 171 Å². The monoisotopic (exact) mass is 409 g/mol. The molecule has 0 saturated heterocycles. The van der Waals surface area contributed by atoms with Crippen molar-refractivity contribution in [3.8, 4) is 11.4 Å². The molecule has 148 valence electrons. The summed E-state index contributed by atoms with van der Waals surface area (Å²) in [7, 11) is 0. The van der Waals surface area contributed by atoms with Crippen molar-refractivity contribution in [3.63, 3.8) is 0 Å². The van der Waals surface area contributed by atoms with Gasteiger partial charge < -0.3 is 5.32 Å². The van der Waals surface area contributed by atoms with E-state index < -0.39 is 4.92 Å². The predicted octanol–water partition coefficient (Wildman–Crippen LogP) is 4.08. The molecule has 1 aromatic heterocycles. The van der Waals surface area contributed by atoms with Crippen LogP contribution in [-0.2, 0) is 11.3 Å². The first-order valence-electron chi connectivity index (χ1n) is 8.76. The van der Waals surface area contributed by atoms with E-state index in [0.717, 1.165) is 11.1 Å². The number of aryl methyl sites for hydroxylation is 1. The lowest BCUT2D eigenvalue weighted by atomic mass is 10.1. The average Bonchev–Trinajstić information content (AvgIpc) is 3.10. The molecule has 0 unspecified atom stereocenters. The summed E-state index contributed by atoms with van der Waals surface area (Å²) < 4.78 is 1.90. The van der Waals surface area contributed by atoms with E-state index in [1.165, 1.54) is 36.0 Å². The average molecular weight is 409 g/mol. The third kappa shape index (κ3) is 5.08. The van der Waals surface area contributed by atoms with Crippen molar-refractivity contribution in [1.82, 2.24) is 14.8 Å². The maximum Gasteiger partial charge on any atom is 0.269 e. The Morgan fingerprint density at radius 1 is 1.21 bits per heavy atom. The van der Waals surface area contributed by atoms with Gasteiger partial charge in [-0.15, -0.1) is 16.8 Å². The van der Waals surface area contributed by atoms with Crippen molar-refractivity contribution >= 4 is 29.0 Å². The van der Waals surface area contributed by atoms with Crippen LogP contribution in [0.3, 0.4) is 0 Å². The predicted molar refractivity (Wildman–Crippen MR) is 113 cm³/mol. The number of hydrogen-bond acceptors (Lipinski definition) is 6. The number of carbonyl (C=O) groups is 1. The van der Waals surface area contributed by atoms with Crippen LogP contribution in [0.1, 0.15) is 5.56 Å². The molecule has 0 aliphatic heterocycles. The molecule has 9 heteroatoms. The highest BCUT2D eigenvalue weighted by Crippen LogP contribution is 2.25. The van der Waals surface area contributed by atoms with E-state index in [2.05, 4.69) is 22.1 Å². The molecule has 0 aliphatic carbocycles. The standard InChI is InChI=1S/C20H19N5O3S/c1-3-12-24-19(15-6-4-14(2)5-7-15)22-23-20(24)29-13-18(26)21-16-8-10-17(11-9-16)25(27)28/h3-11H,1,12-13H2,2H3,(H,21,26). The van der Waals surface area contributed by atoms with Crippen LogP contribution in [0.25, 0.3) is 11.4 Å². The zero-order valence-corrected chi connectivity index (χ0v) is 16.6. The molecule has 29 heavy (non-hydrogen) atoms. The second-order valence-corrected chi connectivity index (χ2v) is 7.15. The van der Waals surface area contributed by atoms with E-state index >= 15 is 0 Å². The zero-order valence-electron chi connectivity index (χ0n) is 15.7. The van der Waals surface area contributed by atoms with E-state index in [1.54, 1.807) is 6.08 Å². The lowest BCUT2D eigenvalue weighted by Gasteiger charge is -2.08. The second-order valence-electron chi connectivity index (χ2n) is 6.21. The number of nitro groups is 1. The Balaban J connectivity index is 1.68. The zero-order chi connectivity index (χ0) is 20.8. The second kappa shape index (κ2) is 9.16. The molecular formula is C20H19N5O3S. The summed E-state index contributed by atoms with van der Waals surface area (Å²) in [6.45, 7) is 6.32. The summed E-state index contributed by atoms with van der Waals surface area (Å²) in [5, 5.41) is 22.5. The third-order valence-corrected chi connectivity index (χ3v) is 5.00. The molecule has 0 saturated carbocycles. The number of carbonyl (C=O) groups excluding carboxylic acids is 1. The van der Waals surface area contributed by atoms with Gasteiger partial charge in [-0.1, -0.05) is 47.7 Å². The summed E-state index contributed by atoms with van der Waals surface area (Å²) in [6, 6.07) is 13.7. The Bertz CT molecular complexity index is 1030. The summed E-state index contributed by atoms with van der Waals surface area (Å²) in [4.78, 5) is 22.5. The maximum absolute atomic E-state index is 12.2. The van der Waals surface area contributed by atoms with Crippen molar-refractivity contribution in [3.05, 3.63) is 76.9 Å². The molecular weight excluding hydrogens is 390 g/mol. The molecule has 0 radical (unpaired) electrons. The van der Waals surface area contributed by atoms with Gasteiger partial charge in [-0.2, -0.15) is 0 Å². The molecule has 3 aromatic rings. The number of thioether (sulfide) groups is 1. The molecule has 0 atom stereocenters. The van der Waals surface area contributed by atoms with Gasteiger partial charge in [0.05, 0.1) is 10.7 Å². The largest absolute Gasteiger partial charge is 0.325 e. The van der Waals surface area contributed by atoms with Crippen LogP contribution >= 0.6 is 11.8 Å². The highest BCUT2D eigenvalue weighted by molar-refractivity contribution is 7.99. The minimum Gasteiger partial charge on any atom is -0.325 e. The molecule has 0 fully saturated rings. The summed E-state index contributed by atoms with van der Waals surface area (Å²) >= 11 is 1.26. The van der Waals surface area contributed by atoms with Crippen molar-refractivity contribution in [2.24, 2.45) is 0 Å². The number of aromatic nitrogens is 3. The number of rotatable bonds is 8. The van der Waals surface area contributed by atoms with Gasteiger partial charge in [0.25, 0.3) is 5.69 Å². The Hall–Kier alpha value is -3.46. The number of non-ortho nitro benzene ring substituents is 1. The van der Waals surface area contributed by atoms with Crippen molar-refractivity contribution in [2.45, 2.75) is 18.6 Å². The molecule has 0 bridgehead atoms. The van der Waals surface area contributed by atoms with Gasteiger partial charge in [-0.3, -0.25) is 19.5 Å². The first-order chi connectivity index (χ1) is 14.0. The van der Waals surface area contributed by atoms with E-state index in [0.29, 0.717) is 23.2 Å². The number of nitrogens with one attached hydrogen (secondary N) is 1. The van der Waals surface area contributed by atoms with Gasteiger partial charge in [-0.25, -0.2) is 0 Å². The molecule has 2 aromatic carbocycles. The molecule has 0 aliphatic rings. The van der Waals surface area contributed by atoms with Crippen LogP contribution in [0.5, 0.6) is 0 Å². The van der Waals surface area contributed by atoms with E-state index in [9.17, 15) is 14.9 Å². The van der Waals surface area contributed by atoms with Gasteiger partial charge in [0.1, 0.15) is 0 Å². The van der Waals surface area contributed by atoms with Gasteiger partial charge in [0.15, 0.2) is 11.0 Å². The number of amides is 1. The summed E-state index contributed by atoms with van der Waals surface area (Å²) in [5.41, 5.74) is 2.56. The number of benzene rings is 2. The Kier molecular flexibility index (Phi) is 6.40. The van der Waals surface area contributed by atoms with E-state index in [-0.39, 0.29) is 17.3 Å². The Morgan fingerprint density at radius 2 is 1.90 bits per heavy atom. The van der Waals surface area contributed by atoms with Crippen LogP contribution in [-0.4, -0.2) is 31.3 Å². The Morgan fingerprint density at radius 3 is 2.52 bits per heavy atom. The first kappa shape index (κ1) is 20.3. The van der Waals surface area contributed by atoms with Crippen molar-refractivity contribution in [1.29, 1.82) is 0 Å². The molecule has 3 rings (SSSR count). The third-order valence-electron chi connectivity index (χ3n) is 4.03. The molecule has 8 nitrogen and oxygen atoms in total. The van der Waals surface area contributed by atoms with Crippen LogP contribution < -0.4 is 5.32 Å². The molecule has 0 spiro atoms. The van der Waals surface area contributed by atoms with Crippen LogP contribution in [0, 0.1) is 17.0 Å². The number of nitro benzene ring substituents is 1. The number of nitrogens with zero attached hydrogens (tertiary/aromatic N) is 4. The normalized spacial score (nSPS) is 10.5. The number of anilines is 1. The quantitative estimate of drug-likeness (QED) is 0.260. The lowest BCUT2D eigenvalue weighted by molar-refractivity contribution is -0.384. The van der Waals surface area contributed by atoms with Gasteiger partial charge >= 0.3 is 0 Å². The highest BCUT2D eigenvalue weighted by atomic mass is 32.2. The lowest BCUT2D eigenvalue weighted by Crippen LogP contribution is -2.14. The van der Waals surface area contributed by atoms with Crippen LogP contribution in [0.15, 0.2) is 66.3 Å². The minimum absolute atomic E-state index is 0.0291. The van der Waals surface area contributed by atoms with Gasteiger partial charge in [0.2, 0.25) is 5.91 Å². The highest BCUT2D eigenvalue weighted by Gasteiger charge is 2.15. The fourth-order valence-electron chi connectivity index (χ4n) is 2.60. The van der Waals surface area contributed by atoms with E-state index in [4.69, 9.17) is 0 Å². The van der Waals surface area contributed by atoms with Gasteiger partial charge in [0, 0.05) is 29.9 Å². The maximum atomic E-state index is 12.2. The van der Waals surface area contributed by atoms with Crippen molar-refractivity contribution in [2.75, 3.05) is 11.1 Å². The van der Waals surface area contributed by atoms with Crippen LogP contribution in [0.2, 0.25) is 0 Å². The fourth-order valence-corrected chi connectivity index (χ4v) is 3.35. The minimum atomic E-state index is -0.487. The topological polar surface area (TPSA) is 103 Å². The molecule has 1 amide bonds. The summed E-state index contributed by atoms with van der Waals surface area (Å²) in [6.07, 6.45) is 1.75. The molecule has 1 heterocycles. The van der Waals surface area contributed by atoms with Gasteiger partial charge in [-0.05, 0) is 19.1 Å². The summed E-state index contributed by atoms with van der Waals surface area (Å²) in [5.74, 6) is 0.595. The number of hydrogen-bond donors (Lipinski definition) is 1. The SMILES string of the molecule is C=CCn1c(SCC(=O)Nc2ccc([N+](=O)[O-])cc2)nnc1-c1ccc(C)cc1. The fraction of sp³-hybridized carbons (Fsp3) is 0.150. The van der Waals surface area contributed by atoms with E-state index in [1.807, 2.05) is 35.8 Å². The first-order valence-corrected chi connectivity index (χ1v) is 9.74.